The van der Waals surface area contributed by atoms with E-state index in [1.165, 1.54) is 16.9 Å². The van der Waals surface area contributed by atoms with Crippen LogP contribution in [0.2, 0.25) is 0 Å². The number of amides is 1. The van der Waals surface area contributed by atoms with Gasteiger partial charge in [0, 0.05) is 12.6 Å². The first-order chi connectivity index (χ1) is 15.9. The summed E-state index contributed by atoms with van der Waals surface area (Å²) in [4.78, 5) is 18.0. The van der Waals surface area contributed by atoms with Crippen LogP contribution in [-0.4, -0.2) is 30.9 Å². The number of anilines is 1. The first-order valence-electron chi connectivity index (χ1n) is 10.5. The number of benzene rings is 1. The molecule has 0 spiro atoms. The van der Waals surface area contributed by atoms with Crippen molar-refractivity contribution in [2.24, 2.45) is 7.05 Å². The van der Waals surface area contributed by atoms with Crippen LogP contribution in [0, 0.1) is 6.92 Å². The van der Waals surface area contributed by atoms with Gasteiger partial charge in [-0.3, -0.25) is 14.8 Å². The molecule has 0 saturated carbocycles. The maximum atomic E-state index is 13.3. The summed E-state index contributed by atoms with van der Waals surface area (Å²) in [5.74, 6) is 0.736. The van der Waals surface area contributed by atoms with Gasteiger partial charge >= 0.3 is 0 Å². The number of fused-ring (bicyclic) bond motifs is 1. The Morgan fingerprint density at radius 3 is 2.64 bits per heavy atom. The third kappa shape index (κ3) is 3.91. The largest absolute Gasteiger partial charge is 0.463 e. The maximum Gasteiger partial charge on any atom is 0.258 e. The molecule has 5 rings (SSSR count). The molecule has 0 aliphatic rings. The minimum absolute atomic E-state index is 0.302. The number of hydrogen-bond acceptors (Lipinski definition) is 7. The van der Waals surface area contributed by atoms with E-state index in [2.05, 4.69) is 51.6 Å². The van der Waals surface area contributed by atoms with E-state index < -0.39 is 0 Å². The Morgan fingerprint density at radius 1 is 1.15 bits per heavy atom. The highest BCUT2D eigenvalue weighted by atomic mass is 32.1. The van der Waals surface area contributed by atoms with Crippen molar-refractivity contribution in [2.75, 3.05) is 5.32 Å². The minimum atomic E-state index is -0.302. The quantitative estimate of drug-likeness (QED) is 0.377. The number of rotatable bonds is 5. The second-order valence-corrected chi connectivity index (χ2v) is 9.06. The molecule has 166 valence electrons. The molecule has 0 aliphatic carbocycles. The van der Waals surface area contributed by atoms with Crippen molar-refractivity contribution in [2.45, 2.75) is 26.7 Å². The molecule has 33 heavy (non-hydrogen) atoms. The molecule has 0 atom stereocenters. The molecule has 1 amide bonds. The lowest BCUT2D eigenvalue weighted by Crippen LogP contribution is -2.13. The van der Waals surface area contributed by atoms with Crippen molar-refractivity contribution in [3.8, 4) is 22.0 Å². The van der Waals surface area contributed by atoms with Crippen molar-refractivity contribution >= 4 is 33.4 Å². The molecule has 1 aromatic carbocycles. The van der Waals surface area contributed by atoms with E-state index in [0.717, 1.165) is 16.3 Å². The van der Waals surface area contributed by atoms with Gasteiger partial charge in [-0.25, -0.2) is 4.98 Å². The van der Waals surface area contributed by atoms with Crippen LogP contribution in [-0.2, 0) is 7.05 Å². The molecule has 0 radical (unpaired) electrons. The van der Waals surface area contributed by atoms with Gasteiger partial charge in [0.25, 0.3) is 5.91 Å². The maximum absolute atomic E-state index is 13.3. The second kappa shape index (κ2) is 8.25. The Balaban J connectivity index is 1.47. The third-order valence-corrected chi connectivity index (χ3v) is 6.34. The molecular formula is C24H22N6O2S. The van der Waals surface area contributed by atoms with E-state index in [1.54, 1.807) is 36.2 Å². The molecular weight excluding hydrogens is 436 g/mol. The summed E-state index contributed by atoms with van der Waals surface area (Å²) in [7, 11) is 1.80. The molecule has 4 heterocycles. The lowest BCUT2D eigenvalue weighted by atomic mass is 10.0. The van der Waals surface area contributed by atoms with Gasteiger partial charge in [0.2, 0.25) is 5.13 Å². The van der Waals surface area contributed by atoms with Gasteiger partial charge < -0.3 is 4.42 Å². The van der Waals surface area contributed by atoms with Crippen molar-refractivity contribution < 1.29 is 9.21 Å². The van der Waals surface area contributed by atoms with Crippen LogP contribution < -0.4 is 5.32 Å². The van der Waals surface area contributed by atoms with Crippen LogP contribution in [0.5, 0.6) is 0 Å². The zero-order valence-corrected chi connectivity index (χ0v) is 19.5. The van der Waals surface area contributed by atoms with Gasteiger partial charge in [-0.2, -0.15) is 5.10 Å². The van der Waals surface area contributed by atoms with Crippen LogP contribution in [0.25, 0.3) is 33.1 Å². The molecule has 0 unspecified atom stereocenters. The number of aromatic nitrogens is 5. The highest BCUT2D eigenvalue weighted by Gasteiger charge is 2.21. The van der Waals surface area contributed by atoms with Gasteiger partial charge in [0.15, 0.2) is 11.4 Å². The SMILES string of the molecule is Cc1nn(C)c2nc(-c3ccco3)cc(C(=O)Nc3nnc(-c4ccc(C(C)C)cc4)s3)c12. The lowest BCUT2D eigenvalue weighted by molar-refractivity contribution is 0.102. The smallest absolute Gasteiger partial charge is 0.258 e. The predicted octanol–water partition coefficient (Wildman–Crippen LogP) is 5.43. The summed E-state index contributed by atoms with van der Waals surface area (Å²) < 4.78 is 7.16. The highest BCUT2D eigenvalue weighted by Crippen LogP contribution is 2.30. The molecule has 8 nitrogen and oxygen atoms in total. The summed E-state index contributed by atoms with van der Waals surface area (Å²) in [5.41, 5.74) is 4.57. The number of pyridine rings is 1. The topological polar surface area (TPSA) is 98.7 Å². The lowest BCUT2D eigenvalue weighted by Gasteiger charge is -2.06. The summed E-state index contributed by atoms with van der Waals surface area (Å²) in [6.45, 7) is 6.17. The summed E-state index contributed by atoms with van der Waals surface area (Å²) >= 11 is 1.33. The highest BCUT2D eigenvalue weighted by molar-refractivity contribution is 7.18. The van der Waals surface area contributed by atoms with E-state index in [4.69, 9.17) is 4.42 Å². The fourth-order valence-electron chi connectivity index (χ4n) is 3.74. The van der Waals surface area contributed by atoms with Crippen molar-refractivity contribution in [3.63, 3.8) is 0 Å². The van der Waals surface area contributed by atoms with E-state index in [0.29, 0.717) is 39.1 Å². The van der Waals surface area contributed by atoms with Crippen LogP contribution >= 0.6 is 11.3 Å². The van der Waals surface area contributed by atoms with Gasteiger partial charge in [-0.05, 0) is 36.6 Å². The molecule has 0 bridgehead atoms. The minimum Gasteiger partial charge on any atom is -0.463 e. The molecule has 4 aromatic heterocycles. The first kappa shape index (κ1) is 21.0. The van der Waals surface area contributed by atoms with E-state index in [-0.39, 0.29) is 5.91 Å². The van der Waals surface area contributed by atoms with Crippen molar-refractivity contribution in [1.29, 1.82) is 0 Å². The van der Waals surface area contributed by atoms with Gasteiger partial charge in [-0.1, -0.05) is 49.4 Å². The number of nitrogens with one attached hydrogen (secondary N) is 1. The van der Waals surface area contributed by atoms with Crippen molar-refractivity contribution in [3.05, 3.63) is 65.5 Å². The molecule has 0 aliphatic heterocycles. The Morgan fingerprint density at radius 2 is 1.94 bits per heavy atom. The Labute approximate surface area is 194 Å². The number of aryl methyl sites for hydroxylation is 2. The Hall–Kier alpha value is -3.85. The number of hydrogen-bond donors (Lipinski definition) is 1. The molecule has 9 heteroatoms. The molecule has 1 N–H and O–H groups in total. The summed E-state index contributed by atoms with van der Waals surface area (Å²) in [5, 5.41) is 17.6. The average Bonchev–Trinajstić information content (AvgIpc) is 3.55. The summed E-state index contributed by atoms with van der Waals surface area (Å²) in [6, 6.07) is 13.6. The zero-order chi connectivity index (χ0) is 23.1. The first-order valence-corrected chi connectivity index (χ1v) is 11.4. The number of nitrogens with zero attached hydrogens (tertiary/aromatic N) is 5. The van der Waals surface area contributed by atoms with E-state index >= 15 is 0 Å². The van der Waals surface area contributed by atoms with E-state index in [1.807, 2.05) is 19.1 Å². The van der Waals surface area contributed by atoms with Crippen LogP contribution in [0.3, 0.4) is 0 Å². The van der Waals surface area contributed by atoms with Crippen LogP contribution in [0.15, 0.2) is 53.1 Å². The third-order valence-electron chi connectivity index (χ3n) is 5.46. The fraction of sp³-hybridized carbons (Fsp3) is 0.208. The van der Waals surface area contributed by atoms with Gasteiger partial charge in [0.1, 0.15) is 10.7 Å². The predicted molar refractivity (Wildman–Crippen MR) is 128 cm³/mol. The molecule has 0 fully saturated rings. The van der Waals surface area contributed by atoms with E-state index in [9.17, 15) is 4.79 Å². The van der Waals surface area contributed by atoms with Crippen LogP contribution in [0.4, 0.5) is 5.13 Å². The number of furan rings is 1. The number of carbonyl (C=O) groups is 1. The average molecular weight is 459 g/mol. The fourth-order valence-corrected chi connectivity index (χ4v) is 4.48. The Kier molecular flexibility index (Phi) is 5.26. The Bertz CT molecular complexity index is 1450. The van der Waals surface area contributed by atoms with Gasteiger partial charge in [0.05, 0.1) is 22.9 Å². The summed E-state index contributed by atoms with van der Waals surface area (Å²) in [6.07, 6.45) is 1.58. The zero-order valence-electron chi connectivity index (χ0n) is 18.7. The normalized spacial score (nSPS) is 11.4. The molecule has 5 aromatic rings. The standard InChI is InChI=1S/C24H22N6O2S/c1-13(2)15-7-9-16(10-8-15)23-27-28-24(33-23)26-22(31)17-12-18(19-6-5-11-32-19)25-21-20(17)14(3)29-30(21)4/h5-13H,1-4H3,(H,26,28,31). The van der Waals surface area contributed by atoms with Gasteiger partial charge in [-0.15, -0.1) is 10.2 Å². The number of carbonyl (C=O) groups excluding carboxylic acids is 1. The molecule has 0 saturated heterocycles. The van der Waals surface area contributed by atoms with Crippen LogP contribution in [0.1, 0.15) is 41.4 Å². The van der Waals surface area contributed by atoms with Crippen molar-refractivity contribution in [1.82, 2.24) is 25.0 Å². The second-order valence-electron chi connectivity index (χ2n) is 8.08. The monoisotopic (exact) mass is 458 g/mol.